The number of rotatable bonds is 6. The number of carbonyl (C=O) groups is 2. The van der Waals surface area contributed by atoms with E-state index < -0.39 is 6.03 Å². The van der Waals surface area contributed by atoms with Gasteiger partial charge in [-0.25, -0.2) is 9.18 Å². The minimum Gasteiger partial charge on any atom is -0.487 e. The molecule has 0 spiro atoms. The van der Waals surface area contributed by atoms with Gasteiger partial charge in [0.05, 0.1) is 7.14 Å². The van der Waals surface area contributed by atoms with E-state index in [1.807, 2.05) is 19.1 Å². The van der Waals surface area contributed by atoms with E-state index in [-0.39, 0.29) is 24.0 Å². The maximum absolute atomic E-state index is 13.3. The fraction of sp³-hybridized carbons (Fsp3) is 0.200. The van der Waals surface area contributed by atoms with Gasteiger partial charge >= 0.3 is 6.03 Å². The van der Waals surface area contributed by atoms with Crippen LogP contribution in [0.25, 0.3) is 6.08 Å². The minimum absolute atomic E-state index is 0.255. The van der Waals surface area contributed by atoms with Crippen molar-refractivity contribution in [3.63, 3.8) is 0 Å². The lowest BCUT2D eigenvalue weighted by Gasteiger charge is -2.12. The summed E-state index contributed by atoms with van der Waals surface area (Å²) in [6, 6.07) is 9.64. The van der Waals surface area contributed by atoms with E-state index in [1.165, 1.54) is 17.0 Å². The Morgan fingerprint density at radius 1 is 1.18 bits per heavy atom. The number of nitrogens with one attached hydrogen (secondary N) is 1. The van der Waals surface area contributed by atoms with Crippen LogP contribution < -0.4 is 10.1 Å². The summed E-state index contributed by atoms with van der Waals surface area (Å²) in [7, 11) is 0. The average Bonchev–Trinajstić information content (AvgIpc) is 2.89. The Balaban J connectivity index is 1.78. The van der Waals surface area contributed by atoms with Gasteiger partial charge in [-0.2, -0.15) is 0 Å². The lowest BCUT2D eigenvalue weighted by molar-refractivity contribution is -0.122. The third kappa shape index (κ3) is 4.83. The first kappa shape index (κ1) is 21.0. The van der Waals surface area contributed by atoms with Crippen LogP contribution >= 0.6 is 45.2 Å². The largest absolute Gasteiger partial charge is 0.487 e. The molecule has 0 atom stereocenters. The van der Waals surface area contributed by atoms with E-state index in [0.717, 1.165) is 18.3 Å². The molecule has 2 aromatic carbocycles. The number of benzene rings is 2. The fourth-order valence-electron chi connectivity index (χ4n) is 2.75. The SMILES string of the molecule is CCCN1C(=O)N/C(=C/c2cc(I)c(OCc3cccc(F)c3)c(I)c2)C1=O. The molecule has 8 heteroatoms. The van der Waals surface area contributed by atoms with Gasteiger partial charge in [-0.15, -0.1) is 0 Å². The van der Waals surface area contributed by atoms with Crippen LogP contribution in [0.1, 0.15) is 24.5 Å². The molecule has 1 fully saturated rings. The second-order valence-electron chi connectivity index (χ2n) is 6.18. The summed E-state index contributed by atoms with van der Waals surface area (Å²) < 4.78 is 20.9. The highest BCUT2D eigenvalue weighted by Gasteiger charge is 2.32. The standard InChI is InChI=1S/C20H17FI2N2O3/c1-2-6-25-19(26)17(24-20(25)27)10-13-8-15(22)18(16(23)9-13)28-11-12-4-3-5-14(21)7-12/h3-5,7-10H,2,6,11H2,1H3,(H,24,27)/b17-10+. The van der Waals surface area contributed by atoms with Crippen LogP contribution in [0.15, 0.2) is 42.1 Å². The highest BCUT2D eigenvalue weighted by Crippen LogP contribution is 2.31. The van der Waals surface area contributed by atoms with Crippen molar-refractivity contribution in [2.75, 3.05) is 6.54 Å². The van der Waals surface area contributed by atoms with Gasteiger partial charge in [0.1, 0.15) is 23.9 Å². The molecule has 0 radical (unpaired) electrons. The van der Waals surface area contributed by atoms with Crippen LogP contribution in [0.2, 0.25) is 0 Å². The Kier molecular flexibility index (Phi) is 6.91. The summed E-state index contributed by atoms with van der Waals surface area (Å²) in [6.45, 7) is 2.56. The number of halogens is 3. The number of ether oxygens (including phenoxy) is 1. The number of urea groups is 1. The molecule has 0 bridgehead atoms. The third-order valence-corrected chi connectivity index (χ3v) is 5.62. The predicted octanol–water partition coefficient (Wildman–Crippen LogP) is 4.92. The normalized spacial score (nSPS) is 15.3. The second-order valence-corrected chi connectivity index (χ2v) is 8.50. The molecule has 5 nitrogen and oxygen atoms in total. The van der Waals surface area contributed by atoms with E-state index in [9.17, 15) is 14.0 Å². The van der Waals surface area contributed by atoms with Crippen LogP contribution in [-0.4, -0.2) is 23.4 Å². The highest BCUT2D eigenvalue weighted by atomic mass is 127. The molecule has 2 aromatic rings. The molecular weight excluding hydrogens is 589 g/mol. The Morgan fingerprint density at radius 3 is 2.54 bits per heavy atom. The van der Waals surface area contributed by atoms with Gasteiger partial charge in [-0.3, -0.25) is 9.69 Å². The van der Waals surface area contributed by atoms with Crippen molar-refractivity contribution in [1.82, 2.24) is 10.2 Å². The van der Waals surface area contributed by atoms with Gasteiger partial charge in [-0.1, -0.05) is 19.1 Å². The first-order valence-corrected chi connectivity index (χ1v) is 10.8. The number of hydrogen-bond donors (Lipinski definition) is 1. The average molecular weight is 606 g/mol. The molecule has 1 N–H and O–H groups in total. The van der Waals surface area contributed by atoms with E-state index in [0.29, 0.717) is 18.7 Å². The number of hydrogen-bond acceptors (Lipinski definition) is 3. The van der Waals surface area contributed by atoms with Crippen molar-refractivity contribution in [2.45, 2.75) is 20.0 Å². The molecule has 0 aromatic heterocycles. The van der Waals surface area contributed by atoms with Gasteiger partial charge in [0.25, 0.3) is 5.91 Å². The molecule has 0 saturated carbocycles. The molecule has 3 amide bonds. The molecule has 146 valence electrons. The van der Waals surface area contributed by atoms with Crippen molar-refractivity contribution in [1.29, 1.82) is 0 Å². The lowest BCUT2D eigenvalue weighted by Crippen LogP contribution is -2.31. The molecule has 0 aliphatic carbocycles. The topological polar surface area (TPSA) is 58.6 Å². The van der Waals surface area contributed by atoms with Gasteiger partial charge in [-0.05, 0) is 93.1 Å². The zero-order valence-electron chi connectivity index (χ0n) is 15.0. The number of carbonyl (C=O) groups excluding carboxylic acids is 2. The summed E-state index contributed by atoms with van der Waals surface area (Å²) in [4.78, 5) is 25.5. The van der Waals surface area contributed by atoms with Gasteiger partial charge < -0.3 is 10.1 Å². The van der Waals surface area contributed by atoms with Crippen molar-refractivity contribution in [2.24, 2.45) is 0 Å². The van der Waals surface area contributed by atoms with Gasteiger partial charge in [0.2, 0.25) is 0 Å². The van der Waals surface area contributed by atoms with E-state index in [2.05, 4.69) is 50.5 Å². The Hall–Kier alpha value is -1.69. The first-order chi connectivity index (χ1) is 13.4. The first-order valence-electron chi connectivity index (χ1n) is 8.60. The molecule has 0 unspecified atom stereocenters. The molecule has 1 aliphatic rings. The monoisotopic (exact) mass is 606 g/mol. The zero-order chi connectivity index (χ0) is 20.3. The van der Waals surface area contributed by atoms with Gasteiger partial charge in [0.15, 0.2) is 0 Å². The Bertz CT molecular complexity index is 939. The van der Waals surface area contributed by atoms with Crippen molar-refractivity contribution in [3.8, 4) is 5.75 Å². The zero-order valence-corrected chi connectivity index (χ0v) is 19.3. The smallest absolute Gasteiger partial charge is 0.329 e. The van der Waals surface area contributed by atoms with Crippen LogP contribution in [-0.2, 0) is 11.4 Å². The lowest BCUT2D eigenvalue weighted by atomic mass is 10.2. The summed E-state index contributed by atoms with van der Waals surface area (Å²) >= 11 is 4.32. The second kappa shape index (κ2) is 9.21. The molecule has 28 heavy (non-hydrogen) atoms. The highest BCUT2D eigenvalue weighted by molar-refractivity contribution is 14.1. The quantitative estimate of drug-likeness (QED) is 0.289. The molecule has 1 heterocycles. The summed E-state index contributed by atoms with van der Waals surface area (Å²) in [5.41, 5.74) is 1.79. The Morgan fingerprint density at radius 2 is 1.89 bits per heavy atom. The van der Waals surface area contributed by atoms with Crippen LogP contribution in [0, 0.1) is 13.0 Å². The van der Waals surface area contributed by atoms with E-state index in [4.69, 9.17) is 4.74 Å². The Labute approximate surface area is 189 Å². The number of nitrogens with zero attached hydrogens (tertiary/aromatic N) is 1. The molecular formula is C20H17FI2N2O3. The summed E-state index contributed by atoms with van der Waals surface area (Å²) in [5, 5.41) is 2.62. The molecule has 3 rings (SSSR count). The van der Waals surface area contributed by atoms with Crippen LogP contribution in [0.4, 0.5) is 9.18 Å². The van der Waals surface area contributed by atoms with Gasteiger partial charge in [0, 0.05) is 6.54 Å². The van der Waals surface area contributed by atoms with Crippen molar-refractivity contribution < 1.29 is 18.7 Å². The summed E-state index contributed by atoms with van der Waals surface area (Å²) in [6.07, 6.45) is 2.37. The van der Waals surface area contributed by atoms with E-state index in [1.54, 1.807) is 18.2 Å². The fourth-order valence-corrected chi connectivity index (χ4v) is 4.88. The molecule has 1 aliphatic heterocycles. The maximum Gasteiger partial charge on any atom is 0.329 e. The van der Waals surface area contributed by atoms with Crippen molar-refractivity contribution in [3.05, 3.63) is 66.2 Å². The maximum atomic E-state index is 13.3. The number of amides is 3. The van der Waals surface area contributed by atoms with E-state index >= 15 is 0 Å². The van der Waals surface area contributed by atoms with Crippen LogP contribution in [0.5, 0.6) is 5.75 Å². The minimum atomic E-state index is -0.391. The third-order valence-electron chi connectivity index (χ3n) is 4.01. The molecule has 1 saturated heterocycles. The van der Waals surface area contributed by atoms with Crippen LogP contribution in [0.3, 0.4) is 0 Å². The van der Waals surface area contributed by atoms with Crippen molar-refractivity contribution >= 4 is 63.2 Å². The number of imide groups is 1. The summed E-state index contributed by atoms with van der Waals surface area (Å²) in [5.74, 6) is 0.0816. The predicted molar refractivity (Wildman–Crippen MR) is 121 cm³/mol.